The second-order valence-corrected chi connectivity index (χ2v) is 5.13. The van der Waals surface area contributed by atoms with Gasteiger partial charge in [-0.05, 0) is 18.4 Å². The van der Waals surface area contributed by atoms with E-state index >= 15 is 0 Å². The molecule has 2 rings (SSSR count). The first-order chi connectivity index (χ1) is 9.13. The third-order valence-corrected chi connectivity index (χ3v) is 3.79. The van der Waals surface area contributed by atoms with E-state index in [-0.39, 0.29) is 18.0 Å². The van der Waals surface area contributed by atoms with Gasteiger partial charge in [-0.15, -0.1) is 0 Å². The number of benzene rings is 1. The Morgan fingerprint density at radius 1 is 1.47 bits per heavy atom. The van der Waals surface area contributed by atoms with Crippen LogP contribution >= 0.6 is 0 Å². The van der Waals surface area contributed by atoms with E-state index in [0.29, 0.717) is 13.0 Å². The van der Waals surface area contributed by atoms with E-state index in [1.54, 1.807) is 4.90 Å². The molecule has 1 saturated heterocycles. The maximum Gasteiger partial charge on any atom is 0.240 e. The van der Waals surface area contributed by atoms with Gasteiger partial charge in [-0.3, -0.25) is 4.79 Å². The van der Waals surface area contributed by atoms with Crippen molar-refractivity contribution >= 4 is 5.91 Å². The Labute approximate surface area is 114 Å². The minimum Gasteiger partial charge on any atom is -0.392 e. The van der Waals surface area contributed by atoms with E-state index in [4.69, 9.17) is 0 Å². The molecule has 0 radical (unpaired) electrons. The van der Waals surface area contributed by atoms with E-state index in [9.17, 15) is 9.90 Å². The fourth-order valence-electron chi connectivity index (χ4n) is 2.71. The zero-order valence-corrected chi connectivity index (χ0v) is 11.5. The zero-order valence-electron chi connectivity index (χ0n) is 11.5. The molecule has 1 aromatic rings. The molecular weight excluding hydrogens is 240 g/mol. The van der Waals surface area contributed by atoms with Crippen LogP contribution in [0.3, 0.4) is 0 Å². The summed E-state index contributed by atoms with van der Waals surface area (Å²) < 4.78 is 0. The molecule has 4 heteroatoms. The van der Waals surface area contributed by atoms with Gasteiger partial charge in [0.2, 0.25) is 5.91 Å². The van der Waals surface area contributed by atoms with Crippen molar-refractivity contribution in [1.82, 2.24) is 10.2 Å². The summed E-state index contributed by atoms with van der Waals surface area (Å²) in [5, 5.41) is 12.6. The molecule has 1 amide bonds. The largest absolute Gasteiger partial charge is 0.392 e. The lowest BCUT2D eigenvalue weighted by molar-refractivity contribution is -0.134. The van der Waals surface area contributed by atoms with Gasteiger partial charge in [-0.2, -0.15) is 0 Å². The van der Waals surface area contributed by atoms with Gasteiger partial charge in [-0.25, -0.2) is 0 Å². The van der Waals surface area contributed by atoms with Crippen LogP contribution in [0.15, 0.2) is 30.3 Å². The molecule has 2 N–H and O–H groups in total. The summed E-state index contributed by atoms with van der Waals surface area (Å²) in [5.41, 5.74) is 1.15. The summed E-state index contributed by atoms with van der Waals surface area (Å²) in [6.07, 6.45) is 0.981. The number of nitrogens with zero attached hydrogens (tertiary/aromatic N) is 1. The first-order valence-electron chi connectivity index (χ1n) is 6.86. The smallest absolute Gasteiger partial charge is 0.240 e. The highest BCUT2D eigenvalue weighted by atomic mass is 16.3. The fourth-order valence-corrected chi connectivity index (χ4v) is 2.71. The van der Waals surface area contributed by atoms with E-state index in [1.165, 1.54) is 0 Å². The number of nitrogens with one attached hydrogen (secondary N) is 1. The second kappa shape index (κ2) is 6.17. The Morgan fingerprint density at radius 2 is 2.16 bits per heavy atom. The first kappa shape index (κ1) is 14.0. The number of rotatable bonds is 4. The van der Waals surface area contributed by atoms with E-state index in [0.717, 1.165) is 12.0 Å². The lowest BCUT2D eigenvalue weighted by Crippen LogP contribution is -2.43. The Morgan fingerprint density at radius 3 is 2.68 bits per heavy atom. The predicted molar refractivity (Wildman–Crippen MR) is 74.7 cm³/mol. The Bertz CT molecular complexity index is 421. The number of carbonyl (C=O) groups is 1. The molecule has 0 saturated carbocycles. The molecule has 0 bridgehead atoms. The average Bonchev–Trinajstić information content (AvgIpc) is 2.86. The highest BCUT2D eigenvalue weighted by Crippen LogP contribution is 2.24. The molecule has 0 spiro atoms. The highest BCUT2D eigenvalue weighted by molar-refractivity contribution is 5.82. The number of likely N-dealkylation sites (N-methyl/N-ethyl adjacent to an activating group) is 1. The topological polar surface area (TPSA) is 52.6 Å². The lowest BCUT2D eigenvalue weighted by atomic mass is 10.0. The molecule has 1 fully saturated rings. The summed E-state index contributed by atoms with van der Waals surface area (Å²) in [5.74, 6) is 0.0623. The van der Waals surface area contributed by atoms with Crippen molar-refractivity contribution in [2.24, 2.45) is 0 Å². The Hall–Kier alpha value is -1.39. The second-order valence-electron chi connectivity index (χ2n) is 5.13. The van der Waals surface area contributed by atoms with Gasteiger partial charge in [0.1, 0.15) is 0 Å². The third-order valence-electron chi connectivity index (χ3n) is 3.79. The molecule has 19 heavy (non-hydrogen) atoms. The van der Waals surface area contributed by atoms with Crippen LogP contribution in [-0.4, -0.2) is 41.7 Å². The van der Waals surface area contributed by atoms with Crippen LogP contribution in [0.2, 0.25) is 0 Å². The van der Waals surface area contributed by atoms with Crippen LogP contribution in [0, 0.1) is 0 Å². The number of hydrogen-bond acceptors (Lipinski definition) is 3. The monoisotopic (exact) mass is 262 g/mol. The quantitative estimate of drug-likeness (QED) is 0.860. The third kappa shape index (κ3) is 3.14. The predicted octanol–water partition coefficient (Wildman–Crippen LogP) is 1.32. The summed E-state index contributed by atoms with van der Waals surface area (Å²) in [6, 6.07) is 9.91. The number of hydrogen-bond donors (Lipinski definition) is 2. The molecule has 1 aliphatic rings. The SMILES string of the molecule is CCC(c1ccccc1)N(C)C(=O)[C@@H]1CC(O)CN1. The number of amides is 1. The van der Waals surface area contributed by atoms with Gasteiger partial charge in [0.05, 0.1) is 18.2 Å². The van der Waals surface area contributed by atoms with Gasteiger partial charge in [-0.1, -0.05) is 37.3 Å². The van der Waals surface area contributed by atoms with Gasteiger partial charge >= 0.3 is 0 Å². The van der Waals surface area contributed by atoms with Crippen LogP contribution in [0.4, 0.5) is 0 Å². The average molecular weight is 262 g/mol. The molecule has 1 heterocycles. The van der Waals surface area contributed by atoms with Crippen LogP contribution in [-0.2, 0) is 4.79 Å². The molecule has 1 aliphatic heterocycles. The number of aliphatic hydroxyl groups excluding tert-OH is 1. The zero-order chi connectivity index (χ0) is 13.8. The lowest BCUT2D eigenvalue weighted by Gasteiger charge is -2.30. The van der Waals surface area contributed by atoms with E-state index in [2.05, 4.69) is 24.4 Å². The molecule has 1 aromatic carbocycles. The molecule has 4 nitrogen and oxygen atoms in total. The Kier molecular flexibility index (Phi) is 4.56. The summed E-state index contributed by atoms with van der Waals surface area (Å²) >= 11 is 0. The molecule has 2 unspecified atom stereocenters. The Balaban J connectivity index is 2.08. The van der Waals surface area contributed by atoms with Gasteiger partial charge in [0.15, 0.2) is 0 Å². The minimum absolute atomic E-state index is 0.0623. The minimum atomic E-state index is -0.404. The van der Waals surface area contributed by atoms with Crippen LogP contribution in [0.25, 0.3) is 0 Å². The van der Waals surface area contributed by atoms with Crippen LogP contribution in [0.1, 0.15) is 31.4 Å². The van der Waals surface area contributed by atoms with Crippen molar-refractivity contribution in [2.75, 3.05) is 13.6 Å². The number of aliphatic hydroxyl groups is 1. The fraction of sp³-hybridized carbons (Fsp3) is 0.533. The summed E-state index contributed by atoms with van der Waals surface area (Å²) in [7, 11) is 1.84. The van der Waals surface area contributed by atoms with E-state index in [1.807, 2.05) is 25.2 Å². The van der Waals surface area contributed by atoms with Crippen molar-refractivity contribution < 1.29 is 9.90 Å². The molecule has 104 valence electrons. The van der Waals surface area contributed by atoms with Gasteiger partial charge < -0.3 is 15.3 Å². The van der Waals surface area contributed by atoms with Crippen LogP contribution < -0.4 is 5.32 Å². The molecule has 0 aromatic heterocycles. The summed E-state index contributed by atoms with van der Waals surface area (Å²) in [6.45, 7) is 2.59. The maximum absolute atomic E-state index is 12.4. The molecule has 3 atom stereocenters. The standard InChI is InChI=1S/C15H22N2O2/c1-3-14(11-7-5-4-6-8-11)17(2)15(19)13-9-12(18)10-16-13/h4-8,12-14,16,18H,3,9-10H2,1-2H3/t12?,13-,14?/m0/s1. The summed E-state index contributed by atoms with van der Waals surface area (Å²) in [4.78, 5) is 14.2. The number of carbonyl (C=O) groups excluding carboxylic acids is 1. The van der Waals surface area contributed by atoms with Crippen LogP contribution in [0.5, 0.6) is 0 Å². The molecule has 0 aliphatic carbocycles. The van der Waals surface area contributed by atoms with Crippen molar-refractivity contribution in [1.29, 1.82) is 0 Å². The van der Waals surface area contributed by atoms with E-state index < -0.39 is 6.10 Å². The first-order valence-corrected chi connectivity index (χ1v) is 6.86. The highest BCUT2D eigenvalue weighted by Gasteiger charge is 2.32. The van der Waals surface area contributed by atoms with Crippen molar-refractivity contribution in [3.8, 4) is 0 Å². The van der Waals surface area contributed by atoms with Crippen molar-refractivity contribution in [2.45, 2.75) is 38.0 Å². The van der Waals surface area contributed by atoms with Gasteiger partial charge in [0, 0.05) is 13.6 Å². The number of β-amino-alcohol motifs (C(OH)–C–C–N with tert-alkyl or cyclic N) is 1. The normalized spacial score (nSPS) is 24.2. The maximum atomic E-state index is 12.4. The van der Waals surface area contributed by atoms with Crippen molar-refractivity contribution in [3.63, 3.8) is 0 Å². The van der Waals surface area contributed by atoms with Gasteiger partial charge in [0.25, 0.3) is 0 Å². The molecular formula is C15H22N2O2. The van der Waals surface area contributed by atoms with Crippen molar-refractivity contribution in [3.05, 3.63) is 35.9 Å².